The van der Waals surface area contributed by atoms with E-state index in [1.807, 2.05) is 24.3 Å². The van der Waals surface area contributed by atoms with Gasteiger partial charge in [-0.25, -0.2) is 0 Å². The first-order valence-electron chi connectivity index (χ1n) is 6.24. The molecule has 0 aliphatic carbocycles. The van der Waals surface area contributed by atoms with Crippen LogP contribution in [0, 0.1) is 11.3 Å². The molecule has 2 aromatic carbocycles. The predicted molar refractivity (Wildman–Crippen MR) is 83.3 cm³/mol. The van der Waals surface area contributed by atoms with E-state index in [0.717, 1.165) is 16.7 Å². The molecule has 0 spiro atoms. The van der Waals surface area contributed by atoms with Gasteiger partial charge in [-0.1, -0.05) is 24.3 Å². The van der Waals surface area contributed by atoms with Crippen LogP contribution >= 0.6 is 15.9 Å². The van der Waals surface area contributed by atoms with Crippen molar-refractivity contribution in [1.82, 2.24) is 0 Å². The molecule has 102 valence electrons. The van der Waals surface area contributed by atoms with Crippen LogP contribution in [0.5, 0.6) is 0 Å². The third-order valence-corrected chi connectivity index (χ3v) is 3.65. The molecule has 0 radical (unpaired) electrons. The summed E-state index contributed by atoms with van der Waals surface area (Å²) in [4.78, 5) is 0. The van der Waals surface area contributed by atoms with Gasteiger partial charge in [-0.2, -0.15) is 5.26 Å². The van der Waals surface area contributed by atoms with Crippen molar-refractivity contribution in [3.8, 4) is 6.07 Å². The second-order valence-corrected chi connectivity index (χ2v) is 5.22. The number of methoxy groups -OCH3 is 1. The Morgan fingerprint density at radius 3 is 2.60 bits per heavy atom. The number of ether oxygens (including phenoxy) is 1. The summed E-state index contributed by atoms with van der Waals surface area (Å²) in [7, 11) is 1.70. The average Bonchev–Trinajstić information content (AvgIpc) is 2.47. The summed E-state index contributed by atoms with van der Waals surface area (Å²) < 4.78 is 6.00. The van der Waals surface area contributed by atoms with E-state index in [-0.39, 0.29) is 0 Å². The van der Waals surface area contributed by atoms with Crippen LogP contribution in [0.3, 0.4) is 0 Å². The minimum Gasteiger partial charge on any atom is -0.381 e. The van der Waals surface area contributed by atoms with Crippen LogP contribution in [0.4, 0.5) is 5.69 Å². The standard InChI is InChI=1S/C16H15BrN2O/c1-20-11-14-5-3-2-4-13(14)10-19-15-7-6-12(9-18)16(17)8-15/h2-8,19H,10-11H2,1H3. The fourth-order valence-corrected chi connectivity index (χ4v) is 2.41. The molecule has 4 heteroatoms. The molecule has 2 aromatic rings. The number of halogens is 1. The van der Waals surface area contributed by atoms with Crippen LogP contribution in [0.25, 0.3) is 0 Å². The maximum Gasteiger partial charge on any atom is 0.100 e. The highest BCUT2D eigenvalue weighted by molar-refractivity contribution is 9.10. The van der Waals surface area contributed by atoms with E-state index in [1.165, 1.54) is 11.1 Å². The van der Waals surface area contributed by atoms with Crippen molar-refractivity contribution >= 4 is 21.6 Å². The molecule has 0 heterocycles. The van der Waals surface area contributed by atoms with Crippen molar-refractivity contribution < 1.29 is 4.74 Å². The van der Waals surface area contributed by atoms with Crippen molar-refractivity contribution in [3.63, 3.8) is 0 Å². The average molecular weight is 331 g/mol. The molecular formula is C16H15BrN2O. The van der Waals surface area contributed by atoms with Crippen molar-refractivity contribution in [2.75, 3.05) is 12.4 Å². The smallest absolute Gasteiger partial charge is 0.100 e. The Kier molecular flexibility index (Phi) is 5.16. The van der Waals surface area contributed by atoms with E-state index in [9.17, 15) is 0 Å². The number of nitrogens with zero attached hydrogens (tertiary/aromatic N) is 1. The van der Waals surface area contributed by atoms with Gasteiger partial charge in [0.25, 0.3) is 0 Å². The minimum absolute atomic E-state index is 0.606. The molecule has 0 fully saturated rings. The summed E-state index contributed by atoms with van der Waals surface area (Å²) in [6.45, 7) is 1.33. The van der Waals surface area contributed by atoms with E-state index < -0.39 is 0 Å². The number of hydrogen-bond acceptors (Lipinski definition) is 3. The van der Waals surface area contributed by atoms with Gasteiger partial charge in [0.15, 0.2) is 0 Å². The van der Waals surface area contributed by atoms with Crippen LogP contribution in [-0.2, 0) is 17.9 Å². The highest BCUT2D eigenvalue weighted by Crippen LogP contribution is 2.21. The molecule has 0 aliphatic heterocycles. The fraction of sp³-hybridized carbons (Fsp3) is 0.188. The van der Waals surface area contributed by atoms with Crippen molar-refractivity contribution in [2.24, 2.45) is 0 Å². The molecule has 0 saturated heterocycles. The first-order chi connectivity index (χ1) is 9.74. The van der Waals surface area contributed by atoms with Crippen LogP contribution in [0.15, 0.2) is 46.9 Å². The zero-order valence-corrected chi connectivity index (χ0v) is 12.8. The summed E-state index contributed by atoms with van der Waals surface area (Å²) in [6.07, 6.45) is 0. The number of anilines is 1. The monoisotopic (exact) mass is 330 g/mol. The number of benzene rings is 2. The topological polar surface area (TPSA) is 45.0 Å². The minimum atomic E-state index is 0.606. The largest absolute Gasteiger partial charge is 0.381 e. The second kappa shape index (κ2) is 7.09. The normalized spacial score (nSPS) is 10.1. The highest BCUT2D eigenvalue weighted by Gasteiger charge is 2.03. The fourth-order valence-electron chi connectivity index (χ4n) is 1.94. The summed E-state index contributed by atoms with van der Waals surface area (Å²) >= 11 is 3.39. The van der Waals surface area contributed by atoms with Gasteiger partial charge in [0.05, 0.1) is 12.2 Å². The lowest BCUT2D eigenvalue weighted by atomic mass is 10.1. The Bertz CT molecular complexity index is 635. The Morgan fingerprint density at radius 2 is 1.95 bits per heavy atom. The Balaban J connectivity index is 2.09. The lowest BCUT2D eigenvalue weighted by Crippen LogP contribution is -2.03. The summed E-state index contributed by atoms with van der Waals surface area (Å²) in [6, 6.07) is 15.9. The van der Waals surface area contributed by atoms with E-state index in [4.69, 9.17) is 10.00 Å². The molecule has 1 N–H and O–H groups in total. The Morgan fingerprint density at radius 1 is 1.20 bits per heavy atom. The molecule has 2 rings (SSSR count). The molecule has 0 amide bonds. The lowest BCUT2D eigenvalue weighted by molar-refractivity contribution is 0.184. The molecule has 0 unspecified atom stereocenters. The van der Waals surface area contributed by atoms with Crippen LogP contribution in [0.1, 0.15) is 16.7 Å². The van der Waals surface area contributed by atoms with Crippen LogP contribution in [0.2, 0.25) is 0 Å². The zero-order chi connectivity index (χ0) is 14.4. The maximum absolute atomic E-state index is 8.90. The molecule has 3 nitrogen and oxygen atoms in total. The van der Waals surface area contributed by atoms with E-state index in [2.05, 4.69) is 39.4 Å². The van der Waals surface area contributed by atoms with Gasteiger partial charge in [0.1, 0.15) is 6.07 Å². The van der Waals surface area contributed by atoms with E-state index >= 15 is 0 Å². The van der Waals surface area contributed by atoms with E-state index in [0.29, 0.717) is 12.2 Å². The molecule has 0 saturated carbocycles. The number of rotatable bonds is 5. The Labute approximate surface area is 127 Å². The molecule has 20 heavy (non-hydrogen) atoms. The van der Waals surface area contributed by atoms with Gasteiger partial charge in [-0.3, -0.25) is 0 Å². The predicted octanol–water partition coefficient (Wildman–Crippen LogP) is 4.08. The van der Waals surface area contributed by atoms with Crippen molar-refractivity contribution in [1.29, 1.82) is 5.26 Å². The third-order valence-electron chi connectivity index (χ3n) is 2.99. The number of nitrogens with one attached hydrogen (secondary N) is 1. The maximum atomic E-state index is 8.90. The second-order valence-electron chi connectivity index (χ2n) is 4.36. The molecule has 0 bridgehead atoms. The van der Waals surface area contributed by atoms with Gasteiger partial charge in [-0.15, -0.1) is 0 Å². The molecule has 0 atom stereocenters. The summed E-state index contributed by atoms with van der Waals surface area (Å²) in [5.74, 6) is 0. The third kappa shape index (κ3) is 3.60. The van der Waals surface area contributed by atoms with Gasteiger partial charge < -0.3 is 10.1 Å². The molecule has 0 aliphatic rings. The molecule has 0 aromatic heterocycles. The lowest BCUT2D eigenvalue weighted by Gasteiger charge is -2.11. The first kappa shape index (κ1) is 14.6. The molecular weight excluding hydrogens is 316 g/mol. The Hall–Kier alpha value is -1.83. The number of hydrogen-bond donors (Lipinski definition) is 1. The van der Waals surface area contributed by atoms with Crippen molar-refractivity contribution in [3.05, 3.63) is 63.6 Å². The quantitative estimate of drug-likeness (QED) is 0.898. The summed E-state index contributed by atoms with van der Waals surface area (Å²) in [5, 5.41) is 12.3. The zero-order valence-electron chi connectivity index (χ0n) is 11.2. The van der Waals surface area contributed by atoms with Gasteiger partial charge in [0, 0.05) is 23.8 Å². The van der Waals surface area contributed by atoms with Crippen LogP contribution in [-0.4, -0.2) is 7.11 Å². The first-order valence-corrected chi connectivity index (χ1v) is 7.03. The highest BCUT2D eigenvalue weighted by atomic mass is 79.9. The summed E-state index contributed by atoms with van der Waals surface area (Å²) in [5.41, 5.74) is 3.99. The van der Waals surface area contributed by atoms with Crippen molar-refractivity contribution in [2.45, 2.75) is 13.2 Å². The van der Waals surface area contributed by atoms with E-state index in [1.54, 1.807) is 13.2 Å². The number of nitriles is 1. The van der Waals surface area contributed by atoms with Gasteiger partial charge in [0.2, 0.25) is 0 Å². The van der Waals surface area contributed by atoms with Gasteiger partial charge >= 0.3 is 0 Å². The van der Waals surface area contributed by atoms with Gasteiger partial charge in [-0.05, 0) is 45.3 Å². The van der Waals surface area contributed by atoms with Crippen LogP contribution < -0.4 is 5.32 Å². The SMILES string of the molecule is COCc1ccccc1CNc1ccc(C#N)c(Br)c1.